The topological polar surface area (TPSA) is 60.0 Å². The number of amides is 1. The number of nitrogens with zero attached hydrogens (tertiary/aromatic N) is 1. The third-order valence-corrected chi connectivity index (χ3v) is 6.04. The Kier molecular flexibility index (Phi) is 5.66. The Morgan fingerprint density at radius 1 is 1.37 bits per heavy atom. The first kappa shape index (κ1) is 18.7. The van der Waals surface area contributed by atoms with Gasteiger partial charge < -0.3 is 19.5 Å². The lowest BCUT2D eigenvalue weighted by Crippen LogP contribution is -2.64. The number of nitrogens with one attached hydrogen (secondary N) is 1. The zero-order valence-corrected chi connectivity index (χ0v) is 16.2. The maximum Gasteiger partial charge on any atom is 0.246 e. The Hall–Kier alpha value is -1.63. The Morgan fingerprint density at radius 3 is 3.19 bits per heavy atom. The molecule has 1 spiro atoms. The van der Waals surface area contributed by atoms with Crippen molar-refractivity contribution >= 4 is 5.91 Å². The van der Waals surface area contributed by atoms with Crippen LogP contribution in [-0.4, -0.2) is 62.5 Å². The van der Waals surface area contributed by atoms with Gasteiger partial charge in [0.05, 0.1) is 19.3 Å². The van der Waals surface area contributed by atoms with Gasteiger partial charge in [0.25, 0.3) is 0 Å². The number of rotatable bonds is 5. The maximum absolute atomic E-state index is 12.1. The number of hydrogen-bond donors (Lipinski definition) is 1. The van der Waals surface area contributed by atoms with Gasteiger partial charge in [0.15, 0.2) is 0 Å². The van der Waals surface area contributed by atoms with E-state index in [0.717, 1.165) is 64.1 Å². The molecule has 4 rings (SSSR count). The van der Waals surface area contributed by atoms with Gasteiger partial charge in [-0.1, -0.05) is 25.0 Å². The van der Waals surface area contributed by atoms with Crippen LogP contribution in [0.1, 0.15) is 36.8 Å². The van der Waals surface area contributed by atoms with Gasteiger partial charge in [-0.3, -0.25) is 9.69 Å². The molecule has 27 heavy (non-hydrogen) atoms. The van der Waals surface area contributed by atoms with E-state index in [4.69, 9.17) is 14.2 Å². The molecule has 1 amide bonds. The van der Waals surface area contributed by atoms with Gasteiger partial charge in [-0.15, -0.1) is 0 Å². The fourth-order valence-electron chi connectivity index (χ4n) is 4.76. The summed E-state index contributed by atoms with van der Waals surface area (Å²) in [6.07, 6.45) is 5.26. The molecule has 148 valence electrons. The van der Waals surface area contributed by atoms with Crippen molar-refractivity contribution in [1.29, 1.82) is 0 Å². The second-order valence-electron chi connectivity index (χ2n) is 7.96. The summed E-state index contributed by atoms with van der Waals surface area (Å²) < 4.78 is 16.9. The van der Waals surface area contributed by atoms with E-state index in [9.17, 15) is 4.79 Å². The van der Waals surface area contributed by atoms with E-state index in [1.165, 1.54) is 11.1 Å². The van der Waals surface area contributed by atoms with Crippen molar-refractivity contribution in [2.45, 2.75) is 50.3 Å². The highest BCUT2D eigenvalue weighted by Gasteiger charge is 2.45. The average Bonchev–Trinajstić information content (AvgIpc) is 3.12. The summed E-state index contributed by atoms with van der Waals surface area (Å²) in [5.74, 6) is 0.980. The highest BCUT2D eigenvalue weighted by atomic mass is 16.5. The molecular formula is C21H30N2O4. The van der Waals surface area contributed by atoms with Gasteiger partial charge in [-0.2, -0.15) is 0 Å². The van der Waals surface area contributed by atoms with Gasteiger partial charge in [0, 0.05) is 33.2 Å². The number of carbonyl (C=O) groups is 1. The Morgan fingerprint density at radius 2 is 2.30 bits per heavy atom. The predicted octanol–water partition coefficient (Wildman–Crippen LogP) is 1.90. The molecule has 1 saturated carbocycles. The minimum atomic E-state index is -0.278. The quantitative estimate of drug-likeness (QED) is 0.853. The van der Waals surface area contributed by atoms with Gasteiger partial charge in [-0.25, -0.2) is 0 Å². The Labute approximate surface area is 161 Å². The van der Waals surface area contributed by atoms with Crippen molar-refractivity contribution < 1.29 is 19.0 Å². The Bertz CT molecular complexity index is 676. The lowest BCUT2D eigenvalue weighted by Gasteiger charge is -2.49. The van der Waals surface area contributed by atoms with Crippen LogP contribution >= 0.6 is 0 Å². The first-order valence-electron chi connectivity index (χ1n) is 10.1. The van der Waals surface area contributed by atoms with E-state index in [1.807, 2.05) is 0 Å². The number of methoxy groups -OCH3 is 1. The fourth-order valence-corrected chi connectivity index (χ4v) is 4.76. The molecule has 1 N–H and O–H groups in total. The third-order valence-electron chi connectivity index (χ3n) is 6.04. The summed E-state index contributed by atoms with van der Waals surface area (Å²) in [5.41, 5.74) is 2.37. The molecular weight excluding hydrogens is 344 g/mol. The van der Waals surface area contributed by atoms with Crippen LogP contribution in [0.2, 0.25) is 0 Å². The largest absolute Gasteiger partial charge is 0.493 e. The van der Waals surface area contributed by atoms with Crippen molar-refractivity contribution in [2.24, 2.45) is 0 Å². The van der Waals surface area contributed by atoms with Gasteiger partial charge in [0.2, 0.25) is 5.91 Å². The maximum atomic E-state index is 12.1. The van der Waals surface area contributed by atoms with E-state index in [2.05, 4.69) is 28.4 Å². The zero-order chi connectivity index (χ0) is 18.7. The number of benzene rings is 1. The molecule has 1 aromatic carbocycles. The van der Waals surface area contributed by atoms with Crippen molar-refractivity contribution in [3.63, 3.8) is 0 Å². The summed E-state index contributed by atoms with van der Waals surface area (Å²) in [6, 6.07) is 6.61. The van der Waals surface area contributed by atoms with Gasteiger partial charge in [0.1, 0.15) is 18.0 Å². The lowest BCUT2D eigenvalue weighted by atomic mass is 9.78. The van der Waals surface area contributed by atoms with Crippen molar-refractivity contribution in [3.05, 3.63) is 29.3 Å². The normalized spacial score (nSPS) is 28.0. The summed E-state index contributed by atoms with van der Waals surface area (Å²) in [7, 11) is 1.55. The lowest BCUT2D eigenvalue weighted by molar-refractivity contribution is -0.152. The molecule has 2 fully saturated rings. The van der Waals surface area contributed by atoms with Crippen molar-refractivity contribution in [2.75, 3.05) is 40.0 Å². The number of morpholine rings is 1. The second kappa shape index (κ2) is 8.17. The summed E-state index contributed by atoms with van der Waals surface area (Å²) in [4.78, 5) is 14.6. The first-order valence-corrected chi connectivity index (χ1v) is 10.1. The minimum absolute atomic E-state index is 0.0527. The number of carbonyl (C=O) groups excluding carboxylic acids is 1. The third kappa shape index (κ3) is 4.13. The van der Waals surface area contributed by atoms with E-state index in [-0.39, 0.29) is 24.2 Å². The van der Waals surface area contributed by atoms with E-state index < -0.39 is 0 Å². The van der Waals surface area contributed by atoms with E-state index >= 15 is 0 Å². The highest BCUT2D eigenvalue weighted by Crippen LogP contribution is 2.35. The monoisotopic (exact) mass is 374 g/mol. The molecule has 3 aliphatic rings. The summed E-state index contributed by atoms with van der Waals surface area (Å²) in [6.45, 7) is 4.31. The molecule has 2 aliphatic heterocycles. The van der Waals surface area contributed by atoms with Crippen LogP contribution in [0.15, 0.2) is 18.2 Å². The fraction of sp³-hybridized carbons (Fsp3) is 0.667. The average molecular weight is 374 g/mol. The minimum Gasteiger partial charge on any atom is -0.493 e. The number of ether oxygens (including phenoxy) is 3. The van der Waals surface area contributed by atoms with Gasteiger partial charge >= 0.3 is 0 Å². The van der Waals surface area contributed by atoms with Gasteiger partial charge in [-0.05, 0) is 30.0 Å². The molecule has 2 heterocycles. The van der Waals surface area contributed by atoms with Crippen LogP contribution in [0.3, 0.4) is 0 Å². The molecule has 2 atom stereocenters. The van der Waals surface area contributed by atoms with Crippen LogP contribution in [0.5, 0.6) is 5.75 Å². The molecule has 0 unspecified atom stereocenters. The Balaban J connectivity index is 1.44. The molecule has 1 aliphatic carbocycles. The molecule has 6 heteroatoms. The van der Waals surface area contributed by atoms with Crippen LogP contribution in [0, 0.1) is 0 Å². The van der Waals surface area contributed by atoms with Crippen LogP contribution < -0.4 is 10.1 Å². The predicted molar refractivity (Wildman–Crippen MR) is 102 cm³/mol. The first-order chi connectivity index (χ1) is 13.2. The zero-order valence-electron chi connectivity index (χ0n) is 16.2. The second-order valence-corrected chi connectivity index (χ2v) is 7.96. The van der Waals surface area contributed by atoms with E-state index in [0.29, 0.717) is 6.61 Å². The summed E-state index contributed by atoms with van der Waals surface area (Å²) in [5, 5.41) is 3.17. The standard InChI is InChI=1S/C21H30N2O4/c1-25-14-20(24)22-19-4-2-3-8-21(19)15-23(9-11-27-21)13-16-5-6-18-17(12-16)7-10-26-18/h5-6,12,19H,2-4,7-11,13-15H2,1H3,(H,22,24)/t19-,21+/m1/s1. The molecule has 1 saturated heterocycles. The molecule has 0 aromatic heterocycles. The smallest absolute Gasteiger partial charge is 0.246 e. The summed E-state index contributed by atoms with van der Waals surface area (Å²) >= 11 is 0. The van der Waals surface area contributed by atoms with Crippen LogP contribution in [0.25, 0.3) is 0 Å². The van der Waals surface area contributed by atoms with E-state index in [1.54, 1.807) is 7.11 Å². The van der Waals surface area contributed by atoms with Crippen molar-refractivity contribution in [3.8, 4) is 5.75 Å². The van der Waals surface area contributed by atoms with Crippen LogP contribution in [-0.2, 0) is 27.2 Å². The van der Waals surface area contributed by atoms with Crippen LogP contribution in [0.4, 0.5) is 0 Å². The molecule has 6 nitrogen and oxygen atoms in total. The molecule has 0 radical (unpaired) electrons. The highest BCUT2D eigenvalue weighted by molar-refractivity contribution is 5.77. The van der Waals surface area contributed by atoms with Crippen molar-refractivity contribution in [1.82, 2.24) is 10.2 Å². The number of fused-ring (bicyclic) bond motifs is 1. The molecule has 0 bridgehead atoms. The SMILES string of the molecule is COCC(=O)N[C@@H]1CCCC[C@]12CN(Cc1ccc3c(c1)CCO3)CCO2. The molecule has 1 aromatic rings. The number of hydrogen-bond acceptors (Lipinski definition) is 5.